The van der Waals surface area contributed by atoms with Crippen LogP contribution in [-0.2, 0) is 0 Å². The highest BCUT2D eigenvalue weighted by atomic mass is 79.9. The van der Waals surface area contributed by atoms with E-state index in [4.69, 9.17) is 0 Å². The van der Waals surface area contributed by atoms with Crippen LogP contribution < -0.4 is 5.32 Å². The lowest BCUT2D eigenvalue weighted by Gasteiger charge is -2.12. The fourth-order valence-corrected chi connectivity index (χ4v) is 2.73. The van der Waals surface area contributed by atoms with Crippen molar-refractivity contribution >= 4 is 33.2 Å². The largest absolute Gasteiger partial charge is 0.345 e. The minimum Gasteiger partial charge on any atom is -0.345 e. The Bertz CT molecular complexity index is 510. The van der Waals surface area contributed by atoms with Crippen LogP contribution in [0.25, 0.3) is 0 Å². The van der Waals surface area contributed by atoms with Gasteiger partial charge in [0.15, 0.2) is 0 Å². The molecule has 1 N–H and O–H groups in total. The van der Waals surface area contributed by atoms with Crippen LogP contribution in [0.15, 0.2) is 46.3 Å². The lowest BCUT2D eigenvalue weighted by Crippen LogP contribution is -2.26. The van der Waals surface area contributed by atoms with E-state index >= 15 is 0 Å². The molecule has 0 saturated carbocycles. The Morgan fingerprint density at radius 3 is 2.71 bits per heavy atom. The van der Waals surface area contributed by atoms with Crippen LogP contribution in [0.4, 0.5) is 0 Å². The molecule has 0 fully saturated rings. The summed E-state index contributed by atoms with van der Waals surface area (Å²) in [6, 6.07) is 11.5. The van der Waals surface area contributed by atoms with Gasteiger partial charge in [0.2, 0.25) is 0 Å². The average Bonchev–Trinajstić information content (AvgIpc) is 2.82. The molecule has 1 aromatic carbocycles. The van der Waals surface area contributed by atoms with Crippen LogP contribution in [0.2, 0.25) is 0 Å². The molecule has 0 aliphatic carbocycles. The molecule has 1 amide bonds. The number of nitrogens with one attached hydrogen (secondary N) is 1. The van der Waals surface area contributed by atoms with Gasteiger partial charge in [-0.25, -0.2) is 0 Å². The second-order valence-corrected chi connectivity index (χ2v) is 5.52. The van der Waals surface area contributed by atoms with Gasteiger partial charge in [0.05, 0.1) is 11.6 Å². The summed E-state index contributed by atoms with van der Waals surface area (Å²) in [6.45, 7) is 1.99. The van der Waals surface area contributed by atoms with E-state index in [2.05, 4.69) is 21.2 Å². The number of thiophene rings is 1. The summed E-state index contributed by atoms with van der Waals surface area (Å²) in [5.41, 5.74) is 0.663. The maximum absolute atomic E-state index is 12.0. The van der Waals surface area contributed by atoms with Crippen molar-refractivity contribution in [3.8, 4) is 0 Å². The Morgan fingerprint density at radius 1 is 1.29 bits per heavy atom. The monoisotopic (exact) mass is 309 g/mol. The van der Waals surface area contributed by atoms with E-state index in [1.165, 1.54) is 0 Å². The van der Waals surface area contributed by atoms with Crippen molar-refractivity contribution < 1.29 is 4.79 Å². The topological polar surface area (TPSA) is 29.1 Å². The Hall–Kier alpha value is -1.13. The second kappa shape index (κ2) is 5.47. The minimum atomic E-state index is -0.0571. The maximum Gasteiger partial charge on any atom is 0.252 e. The Balaban J connectivity index is 2.10. The van der Waals surface area contributed by atoms with Crippen LogP contribution in [0.5, 0.6) is 0 Å². The summed E-state index contributed by atoms with van der Waals surface area (Å²) in [6.07, 6.45) is 0. The fourth-order valence-electron chi connectivity index (χ4n) is 1.53. The molecular formula is C13H12BrNOS. The van der Waals surface area contributed by atoms with Gasteiger partial charge in [-0.05, 0) is 46.4 Å². The molecule has 0 spiro atoms. The van der Waals surface area contributed by atoms with Crippen LogP contribution in [0, 0.1) is 0 Å². The molecule has 17 heavy (non-hydrogen) atoms. The second-order valence-electron chi connectivity index (χ2n) is 3.69. The zero-order valence-corrected chi connectivity index (χ0v) is 11.7. The number of carbonyl (C=O) groups is 1. The molecule has 2 nitrogen and oxygen atoms in total. The van der Waals surface area contributed by atoms with E-state index in [9.17, 15) is 4.79 Å². The first-order valence-electron chi connectivity index (χ1n) is 5.27. The number of hydrogen-bond donors (Lipinski definition) is 1. The normalized spacial score (nSPS) is 12.1. The van der Waals surface area contributed by atoms with E-state index in [1.54, 1.807) is 17.4 Å². The SMILES string of the molecule is C[C@@H](NC(=O)c1ccccc1Br)c1cccs1. The molecule has 1 heterocycles. The molecule has 0 saturated heterocycles. The van der Waals surface area contributed by atoms with Crippen molar-refractivity contribution in [2.45, 2.75) is 13.0 Å². The predicted octanol–water partition coefficient (Wildman–Crippen LogP) is 4.00. The Kier molecular flexibility index (Phi) is 3.97. The van der Waals surface area contributed by atoms with E-state index in [1.807, 2.05) is 42.6 Å². The zero-order valence-electron chi connectivity index (χ0n) is 9.31. The highest BCUT2D eigenvalue weighted by molar-refractivity contribution is 9.10. The number of hydrogen-bond acceptors (Lipinski definition) is 2. The maximum atomic E-state index is 12.0. The summed E-state index contributed by atoms with van der Waals surface area (Å²) in [7, 11) is 0. The van der Waals surface area contributed by atoms with Gasteiger partial charge in [-0.1, -0.05) is 18.2 Å². The van der Waals surface area contributed by atoms with Crippen LogP contribution >= 0.6 is 27.3 Å². The number of rotatable bonds is 3. The summed E-state index contributed by atoms with van der Waals surface area (Å²) >= 11 is 5.02. The van der Waals surface area contributed by atoms with Gasteiger partial charge in [0.1, 0.15) is 0 Å². The van der Waals surface area contributed by atoms with Gasteiger partial charge in [-0.2, -0.15) is 0 Å². The minimum absolute atomic E-state index is 0.0367. The van der Waals surface area contributed by atoms with Gasteiger partial charge in [0.25, 0.3) is 5.91 Å². The number of halogens is 1. The quantitative estimate of drug-likeness (QED) is 0.912. The van der Waals surface area contributed by atoms with Crippen molar-refractivity contribution in [1.29, 1.82) is 0 Å². The number of amides is 1. The zero-order chi connectivity index (χ0) is 12.3. The predicted molar refractivity (Wildman–Crippen MR) is 74.3 cm³/mol. The molecule has 1 atom stereocenters. The molecule has 2 rings (SSSR count). The van der Waals surface area contributed by atoms with Crippen LogP contribution in [-0.4, -0.2) is 5.91 Å². The lowest BCUT2D eigenvalue weighted by molar-refractivity contribution is 0.0939. The van der Waals surface area contributed by atoms with Crippen molar-refractivity contribution in [3.05, 3.63) is 56.7 Å². The van der Waals surface area contributed by atoms with Crippen molar-refractivity contribution in [3.63, 3.8) is 0 Å². The summed E-state index contributed by atoms with van der Waals surface area (Å²) < 4.78 is 0.816. The molecule has 0 aliphatic heterocycles. The van der Waals surface area contributed by atoms with Gasteiger partial charge >= 0.3 is 0 Å². The third-order valence-corrected chi connectivity index (χ3v) is 4.18. The van der Waals surface area contributed by atoms with Gasteiger partial charge in [-0.15, -0.1) is 11.3 Å². The summed E-state index contributed by atoms with van der Waals surface area (Å²) in [5, 5.41) is 4.99. The first-order chi connectivity index (χ1) is 8.18. The van der Waals surface area contributed by atoms with E-state index in [0.29, 0.717) is 5.56 Å². The average molecular weight is 310 g/mol. The van der Waals surface area contributed by atoms with E-state index < -0.39 is 0 Å². The fraction of sp³-hybridized carbons (Fsp3) is 0.154. The van der Waals surface area contributed by atoms with Crippen molar-refractivity contribution in [1.82, 2.24) is 5.32 Å². The molecule has 2 aromatic rings. The van der Waals surface area contributed by atoms with Gasteiger partial charge in [-0.3, -0.25) is 4.79 Å². The highest BCUT2D eigenvalue weighted by Crippen LogP contribution is 2.20. The molecule has 0 aliphatic rings. The summed E-state index contributed by atoms with van der Waals surface area (Å²) in [5.74, 6) is -0.0571. The number of benzene rings is 1. The van der Waals surface area contributed by atoms with E-state index in [-0.39, 0.29) is 11.9 Å². The smallest absolute Gasteiger partial charge is 0.252 e. The highest BCUT2D eigenvalue weighted by Gasteiger charge is 2.13. The van der Waals surface area contributed by atoms with Crippen LogP contribution in [0.1, 0.15) is 28.2 Å². The van der Waals surface area contributed by atoms with Gasteiger partial charge < -0.3 is 5.32 Å². The molecule has 0 bridgehead atoms. The summed E-state index contributed by atoms with van der Waals surface area (Å²) in [4.78, 5) is 13.2. The molecule has 0 unspecified atom stereocenters. The molecule has 88 valence electrons. The molecule has 4 heteroatoms. The molecule has 1 aromatic heterocycles. The van der Waals surface area contributed by atoms with Crippen molar-refractivity contribution in [2.75, 3.05) is 0 Å². The molecular weight excluding hydrogens is 298 g/mol. The third kappa shape index (κ3) is 2.96. The van der Waals surface area contributed by atoms with Gasteiger partial charge in [0, 0.05) is 9.35 Å². The Labute approximate surface area is 113 Å². The third-order valence-electron chi connectivity index (χ3n) is 2.44. The Morgan fingerprint density at radius 2 is 2.06 bits per heavy atom. The lowest BCUT2D eigenvalue weighted by atomic mass is 10.2. The van der Waals surface area contributed by atoms with E-state index in [0.717, 1.165) is 9.35 Å². The standard InChI is InChI=1S/C13H12BrNOS/c1-9(12-7-4-8-17-12)15-13(16)10-5-2-3-6-11(10)14/h2-9H,1H3,(H,15,16)/t9-/m1/s1. The molecule has 0 radical (unpaired) electrons. The van der Waals surface area contributed by atoms with Crippen molar-refractivity contribution in [2.24, 2.45) is 0 Å². The van der Waals surface area contributed by atoms with Crippen LogP contribution in [0.3, 0.4) is 0 Å². The number of carbonyl (C=O) groups excluding carboxylic acids is 1. The first-order valence-corrected chi connectivity index (χ1v) is 6.94. The first kappa shape index (κ1) is 12.3.